The Balaban J connectivity index is 3.59. The number of carbonyl (C=O) groups excluding carboxylic acids is 1. The standard InChI is InChI=1S/C9H18N2O3/c1-7(9(10)14)6-11(2)5-3-4-8(12)13/h7H,3-6H2,1-2H3,(H2,10,14)(H,12,13). The van der Waals surface area contributed by atoms with Gasteiger partial charge in [-0.3, -0.25) is 9.59 Å². The molecule has 0 bridgehead atoms. The van der Waals surface area contributed by atoms with Crippen LogP contribution in [-0.4, -0.2) is 42.0 Å². The molecule has 1 atom stereocenters. The average Bonchev–Trinajstić information content (AvgIpc) is 2.02. The SMILES string of the molecule is CC(CN(C)CCCC(=O)O)C(N)=O. The molecule has 5 heteroatoms. The largest absolute Gasteiger partial charge is 0.481 e. The van der Waals surface area contributed by atoms with Crippen LogP contribution in [0.4, 0.5) is 0 Å². The van der Waals surface area contributed by atoms with Gasteiger partial charge < -0.3 is 15.7 Å². The average molecular weight is 202 g/mol. The fourth-order valence-electron chi connectivity index (χ4n) is 1.15. The van der Waals surface area contributed by atoms with Gasteiger partial charge in [0.05, 0.1) is 0 Å². The van der Waals surface area contributed by atoms with E-state index >= 15 is 0 Å². The van der Waals surface area contributed by atoms with Crippen LogP contribution in [0.2, 0.25) is 0 Å². The summed E-state index contributed by atoms with van der Waals surface area (Å²) in [6.45, 7) is 3.01. The van der Waals surface area contributed by atoms with E-state index in [2.05, 4.69) is 0 Å². The summed E-state index contributed by atoms with van der Waals surface area (Å²) >= 11 is 0. The van der Waals surface area contributed by atoms with Crippen molar-refractivity contribution in [1.29, 1.82) is 0 Å². The summed E-state index contributed by atoms with van der Waals surface area (Å²) in [7, 11) is 1.85. The van der Waals surface area contributed by atoms with Crippen LogP contribution in [-0.2, 0) is 9.59 Å². The van der Waals surface area contributed by atoms with E-state index in [0.29, 0.717) is 19.5 Å². The Hall–Kier alpha value is -1.10. The van der Waals surface area contributed by atoms with Crippen molar-refractivity contribution in [2.24, 2.45) is 11.7 Å². The summed E-state index contributed by atoms with van der Waals surface area (Å²) in [6.07, 6.45) is 0.757. The zero-order valence-electron chi connectivity index (χ0n) is 8.69. The van der Waals surface area contributed by atoms with Crippen molar-refractivity contribution in [3.8, 4) is 0 Å². The molecule has 0 spiro atoms. The molecule has 14 heavy (non-hydrogen) atoms. The van der Waals surface area contributed by atoms with Crippen LogP contribution in [0.1, 0.15) is 19.8 Å². The Kier molecular flexibility index (Phi) is 5.87. The molecule has 0 aromatic carbocycles. The Morgan fingerprint density at radius 1 is 1.50 bits per heavy atom. The van der Waals surface area contributed by atoms with Crippen molar-refractivity contribution in [3.63, 3.8) is 0 Å². The monoisotopic (exact) mass is 202 g/mol. The van der Waals surface area contributed by atoms with Gasteiger partial charge in [-0.15, -0.1) is 0 Å². The fourth-order valence-corrected chi connectivity index (χ4v) is 1.15. The summed E-state index contributed by atoms with van der Waals surface area (Å²) in [5.74, 6) is -1.30. The lowest BCUT2D eigenvalue weighted by Crippen LogP contribution is -2.33. The third kappa shape index (κ3) is 6.42. The number of carboxylic acid groups (broad SMARTS) is 1. The minimum Gasteiger partial charge on any atom is -0.481 e. The molecule has 3 N–H and O–H groups in total. The second-order valence-electron chi connectivity index (χ2n) is 3.56. The molecule has 0 aromatic rings. The van der Waals surface area contributed by atoms with E-state index in [0.717, 1.165) is 0 Å². The maximum Gasteiger partial charge on any atom is 0.303 e. The minimum atomic E-state index is -0.790. The summed E-state index contributed by atoms with van der Waals surface area (Å²) < 4.78 is 0. The summed E-state index contributed by atoms with van der Waals surface area (Å²) in [4.78, 5) is 22.9. The Morgan fingerprint density at radius 3 is 2.50 bits per heavy atom. The zero-order chi connectivity index (χ0) is 11.1. The normalized spacial score (nSPS) is 12.8. The van der Waals surface area contributed by atoms with E-state index < -0.39 is 5.97 Å². The van der Waals surface area contributed by atoms with Crippen molar-refractivity contribution in [2.75, 3.05) is 20.1 Å². The molecule has 1 amide bonds. The molecule has 0 aromatic heterocycles. The quantitative estimate of drug-likeness (QED) is 0.604. The van der Waals surface area contributed by atoms with Gasteiger partial charge in [0.15, 0.2) is 0 Å². The first-order valence-electron chi connectivity index (χ1n) is 4.63. The van der Waals surface area contributed by atoms with Crippen LogP contribution < -0.4 is 5.73 Å². The lowest BCUT2D eigenvalue weighted by molar-refractivity contribution is -0.137. The van der Waals surface area contributed by atoms with E-state index in [-0.39, 0.29) is 18.2 Å². The van der Waals surface area contributed by atoms with E-state index in [9.17, 15) is 9.59 Å². The lowest BCUT2D eigenvalue weighted by Gasteiger charge is -2.18. The molecule has 0 saturated carbocycles. The van der Waals surface area contributed by atoms with Crippen molar-refractivity contribution in [2.45, 2.75) is 19.8 Å². The predicted octanol–water partition coefficient (Wildman–Crippen LogP) is -0.0956. The number of aliphatic carboxylic acids is 1. The van der Waals surface area contributed by atoms with Crippen molar-refractivity contribution in [3.05, 3.63) is 0 Å². The highest BCUT2D eigenvalue weighted by Crippen LogP contribution is 1.99. The van der Waals surface area contributed by atoms with E-state index in [1.54, 1.807) is 6.92 Å². The van der Waals surface area contributed by atoms with Crippen LogP contribution in [0.25, 0.3) is 0 Å². The van der Waals surface area contributed by atoms with Gasteiger partial charge in [0.1, 0.15) is 0 Å². The van der Waals surface area contributed by atoms with Crippen LogP contribution in [0.5, 0.6) is 0 Å². The van der Waals surface area contributed by atoms with E-state index in [1.807, 2.05) is 11.9 Å². The number of amides is 1. The molecule has 0 aliphatic rings. The van der Waals surface area contributed by atoms with Gasteiger partial charge in [-0.1, -0.05) is 6.92 Å². The third-order valence-corrected chi connectivity index (χ3v) is 2.00. The first-order valence-corrected chi connectivity index (χ1v) is 4.63. The van der Waals surface area contributed by atoms with Crippen LogP contribution in [0, 0.1) is 5.92 Å². The molecule has 1 unspecified atom stereocenters. The highest BCUT2D eigenvalue weighted by Gasteiger charge is 2.11. The molecule has 0 aliphatic carbocycles. The van der Waals surface area contributed by atoms with E-state index in [1.165, 1.54) is 0 Å². The molecular weight excluding hydrogens is 184 g/mol. The number of carbonyl (C=O) groups is 2. The smallest absolute Gasteiger partial charge is 0.303 e. The van der Waals surface area contributed by atoms with Gasteiger partial charge in [-0.2, -0.15) is 0 Å². The zero-order valence-corrected chi connectivity index (χ0v) is 8.69. The number of nitrogens with two attached hydrogens (primary N) is 1. The maximum atomic E-state index is 10.7. The molecule has 0 heterocycles. The third-order valence-electron chi connectivity index (χ3n) is 2.00. The second kappa shape index (κ2) is 6.37. The number of hydrogen-bond acceptors (Lipinski definition) is 3. The number of carboxylic acids is 1. The first kappa shape index (κ1) is 12.9. The molecule has 0 aliphatic heterocycles. The minimum absolute atomic E-state index is 0.162. The van der Waals surface area contributed by atoms with Gasteiger partial charge in [-0.05, 0) is 20.0 Å². The van der Waals surface area contributed by atoms with Gasteiger partial charge in [0, 0.05) is 18.9 Å². The van der Waals surface area contributed by atoms with E-state index in [4.69, 9.17) is 10.8 Å². The topological polar surface area (TPSA) is 83.6 Å². The number of hydrogen-bond donors (Lipinski definition) is 2. The van der Waals surface area contributed by atoms with Gasteiger partial charge in [0.25, 0.3) is 0 Å². The van der Waals surface area contributed by atoms with Gasteiger partial charge >= 0.3 is 5.97 Å². The Morgan fingerprint density at radius 2 is 2.07 bits per heavy atom. The van der Waals surface area contributed by atoms with Crippen LogP contribution in [0.3, 0.4) is 0 Å². The molecule has 0 radical (unpaired) electrons. The number of rotatable bonds is 7. The fraction of sp³-hybridized carbons (Fsp3) is 0.778. The maximum absolute atomic E-state index is 10.7. The van der Waals surface area contributed by atoms with Gasteiger partial charge in [-0.25, -0.2) is 0 Å². The summed E-state index contributed by atoms with van der Waals surface area (Å²) in [5, 5.41) is 8.40. The van der Waals surface area contributed by atoms with Crippen LogP contribution >= 0.6 is 0 Å². The summed E-state index contributed by atoms with van der Waals surface area (Å²) in [6, 6.07) is 0. The number of nitrogens with zero attached hydrogens (tertiary/aromatic N) is 1. The van der Waals surface area contributed by atoms with Crippen molar-refractivity contribution < 1.29 is 14.7 Å². The van der Waals surface area contributed by atoms with Crippen LogP contribution in [0.15, 0.2) is 0 Å². The molecular formula is C9H18N2O3. The Labute approximate surface area is 83.9 Å². The molecule has 0 rings (SSSR count). The Bertz CT molecular complexity index is 206. The predicted molar refractivity (Wildman–Crippen MR) is 52.7 cm³/mol. The lowest BCUT2D eigenvalue weighted by atomic mass is 10.1. The molecule has 5 nitrogen and oxygen atoms in total. The molecule has 0 fully saturated rings. The molecule has 0 saturated heterocycles. The highest BCUT2D eigenvalue weighted by molar-refractivity contribution is 5.76. The van der Waals surface area contributed by atoms with Crippen molar-refractivity contribution in [1.82, 2.24) is 4.90 Å². The highest BCUT2D eigenvalue weighted by atomic mass is 16.4. The first-order chi connectivity index (χ1) is 6.43. The number of primary amides is 1. The molecule has 82 valence electrons. The van der Waals surface area contributed by atoms with Gasteiger partial charge in [0.2, 0.25) is 5.91 Å². The van der Waals surface area contributed by atoms with Crippen molar-refractivity contribution >= 4 is 11.9 Å². The second-order valence-corrected chi connectivity index (χ2v) is 3.56. The summed E-state index contributed by atoms with van der Waals surface area (Å²) in [5.41, 5.74) is 5.10.